The quantitative estimate of drug-likeness (QED) is 0.494. The van der Waals surface area contributed by atoms with E-state index in [4.69, 9.17) is 5.73 Å². The molecule has 1 atom stereocenters. The van der Waals surface area contributed by atoms with E-state index in [1.165, 1.54) is 6.08 Å². The molecule has 2 aliphatic rings. The summed E-state index contributed by atoms with van der Waals surface area (Å²) < 4.78 is 0. The Hall–Kier alpha value is -3.13. The van der Waals surface area contributed by atoms with E-state index in [0.717, 1.165) is 29.8 Å². The van der Waals surface area contributed by atoms with Crippen LogP contribution < -0.4 is 21.9 Å². The molecule has 1 saturated carbocycles. The smallest absolute Gasteiger partial charge is 0.271 e. The van der Waals surface area contributed by atoms with E-state index >= 15 is 0 Å². The first-order valence-corrected chi connectivity index (χ1v) is 10.4. The summed E-state index contributed by atoms with van der Waals surface area (Å²) in [5.74, 6) is 0.878. The molecule has 0 spiro atoms. The van der Waals surface area contributed by atoms with Gasteiger partial charge in [-0.1, -0.05) is 6.08 Å². The molecule has 4 rings (SSSR count). The van der Waals surface area contributed by atoms with E-state index in [1.807, 2.05) is 30.1 Å². The van der Waals surface area contributed by atoms with E-state index in [-0.39, 0.29) is 17.5 Å². The molecule has 2 aromatic rings. The van der Waals surface area contributed by atoms with Gasteiger partial charge in [0.25, 0.3) is 5.56 Å². The first-order valence-electron chi connectivity index (χ1n) is 10.4. The fourth-order valence-electron chi connectivity index (χ4n) is 3.93. The van der Waals surface area contributed by atoms with E-state index in [0.29, 0.717) is 37.2 Å². The third-order valence-electron chi connectivity index (χ3n) is 5.83. The van der Waals surface area contributed by atoms with Crippen molar-refractivity contribution in [3.8, 4) is 11.3 Å². The molecule has 30 heavy (non-hydrogen) atoms. The van der Waals surface area contributed by atoms with Gasteiger partial charge >= 0.3 is 0 Å². The molecule has 0 aromatic carbocycles. The molecule has 1 saturated heterocycles. The number of nitrogens with two attached hydrogens (primary N) is 1. The van der Waals surface area contributed by atoms with Crippen LogP contribution in [0.3, 0.4) is 0 Å². The summed E-state index contributed by atoms with van der Waals surface area (Å²) >= 11 is 0. The molecule has 1 aliphatic carbocycles. The highest BCUT2D eigenvalue weighted by Gasteiger charge is 2.43. The number of aromatic amines is 1. The highest BCUT2D eigenvalue weighted by Crippen LogP contribution is 2.40. The second-order valence-electron chi connectivity index (χ2n) is 7.96. The Kier molecular flexibility index (Phi) is 5.85. The van der Waals surface area contributed by atoms with Crippen LogP contribution in [0.2, 0.25) is 0 Å². The Balaban J connectivity index is 1.49. The minimum Gasteiger partial charge on any atom is -0.388 e. The highest BCUT2D eigenvalue weighted by atomic mass is 16.2. The van der Waals surface area contributed by atoms with Crippen molar-refractivity contribution >= 4 is 17.3 Å². The average molecular weight is 409 g/mol. The van der Waals surface area contributed by atoms with Crippen LogP contribution >= 0.6 is 0 Å². The zero-order valence-electron chi connectivity index (χ0n) is 17.1. The zero-order chi connectivity index (χ0) is 21.1. The standard InChI is InChI=1S/C22H28N6O2/c1-24-17-6-8-25-18(10-17)15-9-19(22(30)26-11-15)27-21(14-4-5-14)16-12-28(13-16)20(29)3-2-7-23/h2-3,6,8-11,14,16,21,27H,4-5,7,12-13,23H2,1H3,(H,24,25)(H,26,30)/b3-2+. The molecule has 3 heterocycles. The number of H-pyrrole nitrogens is 1. The van der Waals surface area contributed by atoms with Crippen LogP contribution in [0.25, 0.3) is 11.3 Å². The van der Waals surface area contributed by atoms with Gasteiger partial charge in [0.1, 0.15) is 5.69 Å². The van der Waals surface area contributed by atoms with Gasteiger partial charge in [0.15, 0.2) is 0 Å². The molecule has 2 aromatic heterocycles. The summed E-state index contributed by atoms with van der Waals surface area (Å²) in [5, 5.41) is 6.59. The Morgan fingerprint density at radius 3 is 2.87 bits per heavy atom. The minimum absolute atomic E-state index is 0.00146. The maximum absolute atomic E-state index is 12.5. The van der Waals surface area contributed by atoms with Crippen molar-refractivity contribution in [2.45, 2.75) is 18.9 Å². The van der Waals surface area contributed by atoms with E-state index < -0.39 is 0 Å². The van der Waals surface area contributed by atoms with E-state index in [1.54, 1.807) is 18.5 Å². The first kappa shape index (κ1) is 20.2. The van der Waals surface area contributed by atoms with Gasteiger partial charge in [0, 0.05) is 68.4 Å². The van der Waals surface area contributed by atoms with Gasteiger partial charge < -0.3 is 26.3 Å². The van der Waals surface area contributed by atoms with Crippen molar-refractivity contribution in [1.82, 2.24) is 14.9 Å². The van der Waals surface area contributed by atoms with Gasteiger partial charge in [0.05, 0.1) is 5.69 Å². The SMILES string of the molecule is CNc1ccnc(-c2c[nH]c(=O)c(NC(C3CC3)C3CN(C(=O)/C=C/CN)C3)c2)c1. The Morgan fingerprint density at radius 1 is 1.37 bits per heavy atom. The lowest BCUT2D eigenvalue weighted by Crippen LogP contribution is -2.56. The van der Waals surface area contributed by atoms with Crippen LogP contribution in [0.5, 0.6) is 0 Å². The fourth-order valence-corrected chi connectivity index (χ4v) is 3.93. The summed E-state index contributed by atoms with van der Waals surface area (Å²) in [4.78, 5) is 33.7. The van der Waals surface area contributed by atoms with Crippen molar-refractivity contribution in [1.29, 1.82) is 0 Å². The monoisotopic (exact) mass is 408 g/mol. The van der Waals surface area contributed by atoms with Gasteiger partial charge in [-0.15, -0.1) is 0 Å². The van der Waals surface area contributed by atoms with Crippen LogP contribution in [0.1, 0.15) is 12.8 Å². The lowest BCUT2D eigenvalue weighted by atomic mass is 9.88. The second kappa shape index (κ2) is 8.71. The van der Waals surface area contributed by atoms with Crippen molar-refractivity contribution in [2.75, 3.05) is 37.3 Å². The number of rotatable bonds is 8. The summed E-state index contributed by atoms with van der Waals surface area (Å²) in [5.41, 5.74) is 8.42. The number of nitrogens with one attached hydrogen (secondary N) is 3. The summed E-state index contributed by atoms with van der Waals surface area (Å²) in [6, 6.07) is 5.88. The third-order valence-corrected chi connectivity index (χ3v) is 5.83. The molecule has 1 unspecified atom stereocenters. The van der Waals surface area contributed by atoms with Crippen molar-refractivity contribution in [2.24, 2.45) is 17.6 Å². The van der Waals surface area contributed by atoms with E-state index in [9.17, 15) is 9.59 Å². The number of anilines is 2. The average Bonchev–Trinajstić information content (AvgIpc) is 3.57. The molecular weight excluding hydrogens is 380 g/mol. The molecule has 1 amide bonds. The van der Waals surface area contributed by atoms with Crippen LogP contribution in [0.15, 0.2) is 47.5 Å². The minimum atomic E-state index is -0.146. The lowest BCUT2D eigenvalue weighted by molar-refractivity contribution is -0.132. The first-order chi connectivity index (χ1) is 14.6. The number of nitrogens with zero attached hydrogens (tertiary/aromatic N) is 2. The number of amides is 1. The molecule has 8 nitrogen and oxygen atoms in total. The predicted molar refractivity (Wildman–Crippen MR) is 118 cm³/mol. The number of hydrogen-bond donors (Lipinski definition) is 4. The Labute approximate surface area is 175 Å². The largest absolute Gasteiger partial charge is 0.388 e. The molecule has 2 fully saturated rings. The number of aromatic nitrogens is 2. The number of carbonyl (C=O) groups excluding carboxylic acids is 1. The third kappa shape index (κ3) is 4.38. The molecule has 0 radical (unpaired) electrons. The Bertz CT molecular complexity index is 991. The van der Waals surface area contributed by atoms with Crippen molar-refractivity contribution < 1.29 is 4.79 Å². The zero-order valence-corrected chi connectivity index (χ0v) is 17.1. The molecule has 158 valence electrons. The van der Waals surface area contributed by atoms with Crippen LogP contribution in [0.4, 0.5) is 11.4 Å². The van der Waals surface area contributed by atoms with E-state index in [2.05, 4.69) is 20.6 Å². The predicted octanol–water partition coefficient (Wildman–Crippen LogP) is 1.64. The molecule has 1 aliphatic heterocycles. The molecule has 5 N–H and O–H groups in total. The van der Waals surface area contributed by atoms with Crippen molar-refractivity contribution in [3.05, 3.63) is 53.1 Å². The normalized spacial score (nSPS) is 17.6. The van der Waals surface area contributed by atoms with Gasteiger partial charge in [-0.05, 0) is 37.0 Å². The van der Waals surface area contributed by atoms with Gasteiger partial charge in [-0.3, -0.25) is 14.6 Å². The maximum atomic E-state index is 12.5. The van der Waals surface area contributed by atoms with Crippen LogP contribution in [-0.2, 0) is 4.79 Å². The summed E-state index contributed by atoms with van der Waals surface area (Å²) in [6.45, 7) is 1.76. The highest BCUT2D eigenvalue weighted by molar-refractivity contribution is 5.88. The topological polar surface area (TPSA) is 116 Å². The number of pyridine rings is 2. The van der Waals surface area contributed by atoms with Gasteiger partial charge in [-0.2, -0.15) is 0 Å². The lowest BCUT2D eigenvalue weighted by Gasteiger charge is -2.43. The Morgan fingerprint density at radius 2 is 2.17 bits per heavy atom. The number of carbonyl (C=O) groups is 1. The summed E-state index contributed by atoms with van der Waals surface area (Å²) in [6.07, 6.45) is 8.95. The summed E-state index contributed by atoms with van der Waals surface area (Å²) in [7, 11) is 1.86. The molecule has 8 heteroatoms. The van der Waals surface area contributed by atoms with Crippen LogP contribution in [-0.4, -0.2) is 53.5 Å². The maximum Gasteiger partial charge on any atom is 0.271 e. The second-order valence-corrected chi connectivity index (χ2v) is 7.96. The van der Waals surface area contributed by atoms with Crippen molar-refractivity contribution in [3.63, 3.8) is 0 Å². The van der Waals surface area contributed by atoms with Gasteiger partial charge in [0.2, 0.25) is 5.91 Å². The fraction of sp³-hybridized carbons (Fsp3) is 0.409. The number of likely N-dealkylation sites (tertiary alicyclic amines) is 1. The van der Waals surface area contributed by atoms with Gasteiger partial charge in [-0.25, -0.2) is 0 Å². The molecular formula is C22H28N6O2. The van der Waals surface area contributed by atoms with Crippen LogP contribution in [0, 0.1) is 11.8 Å². The number of hydrogen-bond acceptors (Lipinski definition) is 6. The molecule has 0 bridgehead atoms.